The number of benzene rings is 2. The lowest BCUT2D eigenvalue weighted by molar-refractivity contribution is 0.101. The van der Waals surface area contributed by atoms with Gasteiger partial charge in [-0.15, -0.1) is 0 Å². The molecule has 0 aliphatic rings. The molecule has 0 unspecified atom stereocenters. The first-order chi connectivity index (χ1) is 13.6. The molecule has 0 atom stereocenters. The summed E-state index contributed by atoms with van der Waals surface area (Å²) in [6, 6.07) is 17.4. The fourth-order valence-corrected chi connectivity index (χ4v) is 2.79. The Hall–Kier alpha value is -4.20. The first-order valence-electron chi connectivity index (χ1n) is 8.47. The minimum Gasteiger partial charge on any atom is -0.382 e. The summed E-state index contributed by atoms with van der Waals surface area (Å²) in [5.41, 5.74) is 8.45. The van der Waals surface area contributed by atoms with Crippen LogP contribution >= 0.6 is 0 Å². The number of fused-ring (bicyclic) bond motifs is 1. The summed E-state index contributed by atoms with van der Waals surface area (Å²) >= 11 is 0. The first kappa shape index (κ1) is 17.2. The van der Waals surface area contributed by atoms with Crippen LogP contribution in [0.25, 0.3) is 5.52 Å². The summed E-state index contributed by atoms with van der Waals surface area (Å²) in [7, 11) is 0. The molecule has 0 spiro atoms. The molecule has 0 bridgehead atoms. The van der Waals surface area contributed by atoms with Gasteiger partial charge in [0.2, 0.25) is 0 Å². The number of hydrogen-bond donors (Lipinski definition) is 3. The molecule has 0 saturated heterocycles. The number of nitrogens with two attached hydrogens (primary N) is 1. The molecule has 2 aromatic heterocycles. The van der Waals surface area contributed by atoms with Crippen LogP contribution in [0, 0.1) is 0 Å². The van der Waals surface area contributed by atoms with E-state index < -0.39 is 0 Å². The number of amides is 2. The molecular weight excluding hydrogens is 356 g/mol. The van der Waals surface area contributed by atoms with Crippen LogP contribution in [0.4, 0.5) is 17.2 Å². The van der Waals surface area contributed by atoms with Crippen LogP contribution in [-0.4, -0.2) is 26.4 Å². The summed E-state index contributed by atoms with van der Waals surface area (Å²) in [4.78, 5) is 28.7. The molecule has 0 aliphatic carbocycles. The third kappa shape index (κ3) is 3.38. The SMILES string of the molecule is Nc1ncnn2ccc(C(=O)Nc3ccc(NC(=O)c4ccccc4)cc3)c12. The molecule has 8 nitrogen and oxygen atoms in total. The second kappa shape index (κ2) is 7.20. The Bertz CT molecular complexity index is 1150. The van der Waals surface area contributed by atoms with Crippen molar-refractivity contribution in [2.75, 3.05) is 16.4 Å². The quantitative estimate of drug-likeness (QED) is 0.510. The van der Waals surface area contributed by atoms with E-state index in [1.807, 2.05) is 6.07 Å². The zero-order valence-electron chi connectivity index (χ0n) is 14.7. The van der Waals surface area contributed by atoms with E-state index in [1.165, 1.54) is 10.8 Å². The number of hydrogen-bond acceptors (Lipinski definition) is 5. The van der Waals surface area contributed by atoms with Gasteiger partial charge in [-0.05, 0) is 42.5 Å². The van der Waals surface area contributed by atoms with Crippen molar-refractivity contribution in [3.8, 4) is 0 Å². The smallest absolute Gasteiger partial charge is 0.258 e. The fraction of sp³-hybridized carbons (Fsp3) is 0. The van der Waals surface area contributed by atoms with E-state index >= 15 is 0 Å². The molecule has 8 heteroatoms. The number of carbonyl (C=O) groups is 2. The van der Waals surface area contributed by atoms with Gasteiger partial charge in [0.05, 0.1) is 5.56 Å². The van der Waals surface area contributed by atoms with Gasteiger partial charge < -0.3 is 16.4 Å². The Kier molecular flexibility index (Phi) is 4.43. The molecule has 4 N–H and O–H groups in total. The number of aromatic nitrogens is 3. The molecule has 2 heterocycles. The van der Waals surface area contributed by atoms with Gasteiger partial charge >= 0.3 is 0 Å². The molecule has 0 saturated carbocycles. The number of nitrogen functional groups attached to an aromatic ring is 1. The number of rotatable bonds is 4. The van der Waals surface area contributed by atoms with Crippen molar-refractivity contribution in [1.82, 2.24) is 14.6 Å². The summed E-state index contributed by atoms with van der Waals surface area (Å²) in [5, 5.41) is 9.63. The van der Waals surface area contributed by atoms with Crippen molar-refractivity contribution in [3.05, 3.63) is 84.3 Å². The van der Waals surface area contributed by atoms with Crippen molar-refractivity contribution in [1.29, 1.82) is 0 Å². The van der Waals surface area contributed by atoms with E-state index in [2.05, 4.69) is 20.7 Å². The van der Waals surface area contributed by atoms with Crippen molar-refractivity contribution in [3.63, 3.8) is 0 Å². The van der Waals surface area contributed by atoms with Gasteiger partial charge in [-0.3, -0.25) is 9.59 Å². The Balaban J connectivity index is 1.47. The maximum Gasteiger partial charge on any atom is 0.258 e. The molecule has 28 heavy (non-hydrogen) atoms. The number of nitrogens with zero attached hydrogens (tertiary/aromatic N) is 3. The van der Waals surface area contributed by atoms with Crippen molar-refractivity contribution < 1.29 is 9.59 Å². The molecule has 138 valence electrons. The molecule has 0 radical (unpaired) electrons. The topological polar surface area (TPSA) is 114 Å². The Morgan fingerprint density at radius 3 is 2.18 bits per heavy atom. The van der Waals surface area contributed by atoms with Crippen molar-refractivity contribution >= 4 is 34.5 Å². The molecule has 0 aliphatic heterocycles. The maximum absolute atomic E-state index is 12.6. The number of nitrogens with one attached hydrogen (secondary N) is 2. The van der Waals surface area contributed by atoms with Crippen LogP contribution in [0.2, 0.25) is 0 Å². The Morgan fingerprint density at radius 1 is 0.857 bits per heavy atom. The number of anilines is 3. The van der Waals surface area contributed by atoms with Gasteiger partial charge in [0, 0.05) is 23.1 Å². The van der Waals surface area contributed by atoms with Gasteiger partial charge in [0.1, 0.15) is 11.8 Å². The zero-order valence-corrected chi connectivity index (χ0v) is 14.7. The van der Waals surface area contributed by atoms with E-state index in [1.54, 1.807) is 60.8 Å². The summed E-state index contributed by atoms with van der Waals surface area (Å²) in [6.45, 7) is 0. The molecule has 2 amide bonds. The van der Waals surface area contributed by atoms with Gasteiger partial charge in [-0.2, -0.15) is 5.10 Å². The predicted molar refractivity (Wildman–Crippen MR) is 106 cm³/mol. The summed E-state index contributed by atoms with van der Waals surface area (Å²) < 4.78 is 1.50. The van der Waals surface area contributed by atoms with E-state index in [9.17, 15) is 9.59 Å². The van der Waals surface area contributed by atoms with E-state index in [0.717, 1.165) is 0 Å². The zero-order chi connectivity index (χ0) is 19.5. The standard InChI is InChI=1S/C20H16N6O2/c21-18-17-16(10-11-26(17)23-12-22-18)20(28)25-15-8-6-14(7-9-15)24-19(27)13-4-2-1-3-5-13/h1-12H,(H,24,27)(H,25,28)(H2,21,22,23). The second-order valence-corrected chi connectivity index (χ2v) is 6.02. The fourth-order valence-electron chi connectivity index (χ4n) is 2.79. The lowest BCUT2D eigenvalue weighted by Crippen LogP contribution is -2.13. The van der Waals surface area contributed by atoms with Crippen molar-refractivity contribution in [2.45, 2.75) is 0 Å². The average molecular weight is 372 g/mol. The highest BCUT2D eigenvalue weighted by molar-refractivity contribution is 6.10. The predicted octanol–water partition coefficient (Wildman–Crippen LogP) is 2.82. The van der Waals surface area contributed by atoms with Crippen LogP contribution in [0.3, 0.4) is 0 Å². The molecular formula is C20H16N6O2. The summed E-state index contributed by atoms with van der Waals surface area (Å²) in [5.74, 6) is -0.303. The molecule has 4 rings (SSSR count). The van der Waals surface area contributed by atoms with E-state index in [4.69, 9.17) is 5.73 Å². The normalized spacial score (nSPS) is 10.6. The third-order valence-electron chi connectivity index (χ3n) is 4.16. The molecule has 2 aromatic carbocycles. The largest absolute Gasteiger partial charge is 0.382 e. The average Bonchev–Trinajstić information content (AvgIpc) is 3.16. The monoisotopic (exact) mass is 372 g/mol. The van der Waals surface area contributed by atoms with Gasteiger partial charge in [0.15, 0.2) is 5.82 Å². The van der Waals surface area contributed by atoms with Crippen LogP contribution in [0.1, 0.15) is 20.7 Å². The highest BCUT2D eigenvalue weighted by Gasteiger charge is 2.15. The van der Waals surface area contributed by atoms with Gasteiger partial charge in [-0.1, -0.05) is 18.2 Å². The van der Waals surface area contributed by atoms with Crippen LogP contribution in [0.5, 0.6) is 0 Å². The van der Waals surface area contributed by atoms with Gasteiger partial charge in [0.25, 0.3) is 11.8 Å². The van der Waals surface area contributed by atoms with Crippen LogP contribution < -0.4 is 16.4 Å². The van der Waals surface area contributed by atoms with Crippen molar-refractivity contribution in [2.24, 2.45) is 0 Å². The second-order valence-electron chi connectivity index (χ2n) is 6.02. The molecule has 4 aromatic rings. The lowest BCUT2D eigenvalue weighted by Gasteiger charge is -2.08. The minimum absolute atomic E-state index is 0.201. The Labute approximate surface area is 160 Å². The van der Waals surface area contributed by atoms with Crippen LogP contribution in [-0.2, 0) is 0 Å². The first-order valence-corrected chi connectivity index (χ1v) is 8.47. The highest BCUT2D eigenvalue weighted by atomic mass is 16.2. The minimum atomic E-state index is -0.329. The summed E-state index contributed by atoms with van der Waals surface area (Å²) in [6.07, 6.45) is 2.97. The lowest BCUT2D eigenvalue weighted by atomic mass is 10.2. The third-order valence-corrected chi connectivity index (χ3v) is 4.16. The maximum atomic E-state index is 12.6. The van der Waals surface area contributed by atoms with Gasteiger partial charge in [-0.25, -0.2) is 9.50 Å². The van der Waals surface area contributed by atoms with E-state index in [0.29, 0.717) is 28.0 Å². The highest BCUT2D eigenvalue weighted by Crippen LogP contribution is 2.19. The Morgan fingerprint density at radius 2 is 1.50 bits per heavy atom. The van der Waals surface area contributed by atoms with Crippen LogP contribution in [0.15, 0.2) is 73.2 Å². The number of carbonyl (C=O) groups excluding carboxylic acids is 2. The molecule has 0 fully saturated rings. The van der Waals surface area contributed by atoms with E-state index in [-0.39, 0.29) is 17.6 Å².